The highest BCUT2D eigenvalue weighted by atomic mass is 35.5. The molecule has 18 heavy (non-hydrogen) atoms. The lowest BCUT2D eigenvalue weighted by molar-refractivity contribution is 0.642. The van der Waals surface area contributed by atoms with Crippen molar-refractivity contribution in [1.82, 2.24) is 4.98 Å². The molecular weight excluding hydrogens is 268 g/mol. The van der Waals surface area contributed by atoms with Crippen LogP contribution in [0.2, 0.25) is 5.02 Å². The molecule has 0 bridgehead atoms. The predicted octanol–water partition coefficient (Wildman–Crippen LogP) is 2.35. The topological polar surface area (TPSA) is 66.0 Å². The molecule has 0 radical (unpaired) electrons. The summed E-state index contributed by atoms with van der Waals surface area (Å²) < 4.78 is 0.190. The van der Waals surface area contributed by atoms with Crippen LogP contribution in [0.3, 0.4) is 0 Å². The van der Waals surface area contributed by atoms with Gasteiger partial charge in [-0.15, -0.1) is 0 Å². The third-order valence-electron chi connectivity index (χ3n) is 2.89. The molecule has 2 rings (SSSR count). The average molecular weight is 285 g/mol. The van der Waals surface area contributed by atoms with Crippen LogP contribution in [0.5, 0.6) is 0 Å². The van der Waals surface area contributed by atoms with Crippen molar-refractivity contribution >= 4 is 35.0 Å². The van der Waals surface area contributed by atoms with Crippen LogP contribution in [0, 0.1) is 5.41 Å². The molecule has 3 N–H and O–H groups in total. The van der Waals surface area contributed by atoms with Gasteiger partial charge < -0.3 is 10.6 Å². The zero-order chi connectivity index (χ0) is 13.3. The molecule has 1 aliphatic heterocycles. The lowest BCUT2D eigenvalue weighted by atomic mass is 10.1. The van der Waals surface area contributed by atoms with Gasteiger partial charge in [-0.3, -0.25) is 5.41 Å². The summed E-state index contributed by atoms with van der Waals surface area (Å²) in [7, 11) is 0. The Morgan fingerprint density at radius 2 is 2.33 bits per heavy atom. The molecule has 0 saturated carbocycles. The van der Waals surface area contributed by atoms with E-state index in [4.69, 9.17) is 22.7 Å². The summed E-state index contributed by atoms with van der Waals surface area (Å²) in [5.74, 6) is 1.77. The van der Waals surface area contributed by atoms with Gasteiger partial charge in [0.2, 0.25) is 0 Å². The van der Waals surface area contributed by atoms with E-state index in [0.717, 1.165) is 24.7 Å². The minimum atomic E-state index is -0.0192. The third kappa shape index (κ3) is 2.72. The highest BCUT2D eigenvalue weighted by Gasteiger charge is 2.29. The van der Waals surface area contributed by atoms with Crippen molar-refractivity contribution in [3.8, 4) is 0 Å². The normalized spacial score (nSPS) is 18.7. The number of pyridine rings is 1. The summed E-state index contributed by atoms with van der Waals surface area (Å²) in [6, 6.07) is 1.68. The predicted molar refractivity (Wildman–Crippen MR) is 79.0 cm³/mol. The number of amidine groups is 1. The average Bonchev–Trinajstić information content (AvgIpc) is 2.27. The number of hydrogen-bond donors (Lipinski definition) is 2. The van der Waals surface area contributed by atoms with Gasteiger partial charge in [0.25, 0.3) is 0 Å². The van der Waals surface area contributed by atoms with E-state index < -0.39 is 0 Å². The number of nitrogens with two attached hydrogens (primary N) is 1. The van der Waals surface area contributed by atoms with E-state index in [2.05, 4.69) is 23.7 Å². The molecule has 1 aromatic rings. The van der Waals surface area contributed by atoms with Crippen molar-refractivity contribution in [3.05, 3.63) is 22.8 Å². The van der Waals surface area contributed by atoms with Crippen LogP contribution in [-0.4, -0.2) is 34.4 Å². The van der Waals surface area contributed by atoms with Crippen molar-refractivity contribution < 1.29 is 0 Å². The highest BCUT2D eigenvalue weighted by Crippen LogP contribution is 2.34. The van der Waals surface area contributed by atoms with Gasteiger partial charge in [-0.25, -0.2) is 4.98 Å². The summed E-state index contributed by atoms with van der Waals surface area (Å²) >= 11 is 8.25. The first-order chi connectivity index (χ1) is 8.41. The third-order valence-corrected chi connectivity index (χ3v) is 4.56. The molecule has 1 aliphatic rings. The Kier molecular flexibility index (Phi) is 3.73. The molecular formula is C12H17ClN4S. The molecule has 4 nitrogen and oxygen atoms in total. The van der Waals surface area contributed by atoms with E-state index in [1.807, 2.05) is 11.8 Å². The molecule has 0 spiro atoms. The summed E-state index contributed by atoms with van der Waals surface area (Å²) in [4.78, 5) is 6.51. The number of halogens is 1. The minimum absolute atomic E-state index is 0.0192. The van der Waals surface area contributed by atoms with Gasteiger partial charge in [0.1, 0.15) is 11.7 Å². The molecule has 0 unspecified atom stereocenters. The maximum atomic E-state index is 7.51. The van der Waals surface area contributed by atoms with E-state index in [1.165, 1.54) is 0 Å². The Labute approximate surface area is 116 Å². The molecule has 0 atom stereocenters. The van der Waals surface area contributed by atoms with Crippen molar-refractivity contribution in [3.63, 3.8) is 0 Å². The molecule has 0 aromatic carbocycles. The van der Waals surface area contributed by atoms with Gasteiger partial charge in [0, 0.05) is 35.3 Å². The molecule has 1 fully saturated rings. The number of rotatable bonds is 2. The fraction of sp³-hybridized carbons (Fsp3) is 0.500. The van der Waals surface area contributed by atoms with Crippen molar-refractivity contribution in [2.75, 3.05) is 23.7 Å². The first kappa shape index (κ1) is 13.5. The SMILES string of the molecule is CC1(C)CN(c2nccc(C(=N)N)c2Cl)CCS1. The van der Waals surface area contributed by atoms with E-state index in [1.54, 1.807) is 12.3 Å². The first-order valence-electron chi connectivity index (χ1n) is 5.78. The van der Waals surface area contributed by atoms with Gasteiger partial charge in [0.15, 0.2) is 0 Å². The zero-order valence-electron chi connectivity index (χ0n) is 10.5. The van der Waals surface area contributed by atoms with Crippen LogP contribution in [0.15, 0.2) is 12.3 Å². The second kappa shape index (κ2) is 4.97. The Morgan fingerprint density at radius 3 is 2.94 bits per heavy atom. The number of nitrogens with zero attached hydrogens (tertiary/aromatic N) is 2. The highest BCUT2D eigenvalue weighted by molar-refractivity contribution is 8.00. The fourth-order valence-corrected chi connectivity index (χ4v) is 3.50. The van der Waals surface area contributed by atoms with Crippen LogP contribution in [0.1, 0.15) is 19.4 Å². The standard InChI is InChI=1S/C12H17ClN4S/c1-12(2)7-17(5-6-18-12)11-9(13)8(10(14)15)3-4-16-11/h3-4H,5-7H2,1-2H3,(H3,14,15). The van der Waals surface area contributed by atoms with Crippen molar-refractivity contribution in [2.24, 2.45) is 5.73 Å². The molecule has 1 saturated heterocycles. The Hall–Kier alpha value is -0.940. The summed E-state index contributed by atoms with van der Waals surface area (Å²) in [5, 5.41) is 7.99. The summed E-state index contributed by atoms with van der Waals surface area (Å²) in [5.41, 5.74) is 6.07. The first-order valence-corrected chi connectivity index (χ1v) is 7.15. The van der Waals surface area contributed by atoms with Crippen molar-refractivity contribution in [1.29, 1.82) is 5.41 Å². The lowest BCUT2D eigenvalue weighted by Gasteiger charge is -2.38. The number of anilines is 1. The molecule has 6 heteroatoms. The summed E-state index contributed by atoms with van der Waals surface area (Å²) in [6.45, 7) is 6.24. The van der Waals surface area contributed by atoms with Crippen LogP contribution >= 0.6 is 23.4 Å². The van der Waals surface area contributed by atoms with Gasteiger partial charge in [-0.1, -0.05) is 11.6 Å². The second-order valence-corrected chi connectivity index (χ2v) is 7.12. The van der Waals surface area contributed by atoms with E-state index in [0.29, 0.717) is 10.6 Å². The van der Waals surface area contributed by atoms with Gasteiger partial charge in [-0.05, 0) is 19.9 Å². The molecule has 0 aliphatic carbocycles. The van der Waals surface area contributed by atoms with Crippen LogP contribution in [0.4, 0.5) is 5.82 Å². The zero-order valence-corrected chi connectivity index (χ0v) is 12.1. The van der Waals surface area contributed by atoms with Crippen molar-refractivity contribution in [2.45, 2.75) is 18.6 Å². The number of nitrogens with one attached hydrogen (secondary N) is 1. The van der Waals surface area contributed by atoms with E-state index >= 15 is 0 Å². The molecule has 1 aromatic heterocycles. The monoisotopic (exact) mass is 284 g/mol. The van der Waals surface area contributed by atoms with Gasteiger partial charge in [0.05, 0.1) is 5.02 Å². The van der Waals surface area contributed by atoms with Gasteiger partial charge in [-0.2, -0.15) is 11.8 Å². The van der Waals surface area contributed by atoms with E-state index in [9.17, 15) is 0 Å². The molecule has 2 heterocycles. The van der Waals surface area contributed by atoms with Crippen LogP contribution in [0.25, 0.3) is 0 Å². The maximum absolute atomic E-state index is 7.51. The van der Waals surface area contributed by atoms with Crippen LogP contribution < -0.4 is 10.6 Å². The molecule has 0 amide bonds. The number of aromatic nitrogens is 1. The number of thioether (sulfide) groups is 1. The largest absolute Gasteiger partial charge is 0.384 e. The summed E-state index contributed by atoms with van der Waals surface area (Å²) in [6.07, 6.45) is 1.66. The number of hydrogen-bond acceptors (Lipinski definition) is 4. The van der Waals surface area contributed by atoms with Crippen LogP contribution in [-0.2, 0) is 0 Å². The fourth-order valence-electron chi connectivity index (χ4n) is 2.06. The van der Waals surface area contributed by atoms with Gasteiger partial charge >= 0.3 is 0 Å². The quantitative estimate of drug-likeness (QED) is 0.646. The Bertz CT molecular complexity index is 475. The molecule has 98 valence electrons. The van der Waals surface area contributed by atoms with E-state index in [-0.39, 0.29) is 10.6 Å². The number of nitrogen functional groups attached to an aromatic ring is 1. The Balaban J connectivity index is 2.34. The lowest BCUT2D eigenvalue weighted by Crippen LogP contribution is -2.43. The smallest absolute Gasteiger partial charge is 0.148 e. The minimum Gasteiger partial charge on any atom is -0.384 e. The maximum Gasteiger partial charge on any atom is 0.148 e. The Morgan fingerprint density at radius 1 is 1.61 bits per heavy atom. The second-order valence-electron chi connectivity index (χ2n) is 4.94.